The number of hydrogen-bond donors (Lipinski definition) is 1. The minimum absolute atomic E-state index is 0.496. The summed E-state index contributed by atoms with van der Waals surface area (Å²) in [5.41, 5.74) is 0. The minimum Gasteiger partial charge on any atom is -0.381 e. The lowest BCUT2D eigenvalue weighted by atomic mass is 9.87. The Balaban J connectivity index is 1.82. The molecule has 0 spiro atoms. The van der Waals surface area contributed by atoms with Gasteiger partial charge < -0.3 is 14.8 Å². The predicted molar refractivity (Wildman–Crippen MR) is 73.8 cm³/mol. The molecule has 2 unspecified atom stereocenters. The lowest BCUT2D eigenvalue weighted by Gasteiger charge is -2.34. The van der Waals surface area contributed by atoms with Crippen LogP contribution in [0.15, 0.2) is 0 Å². The summed E-state index contributed by atoms with van der Waals surface area (Å²) in [4.78, 5) is 0. The molecule has 0 bridgehead atoms. The van der Waals surface area contributed by atoms with Gasteiger partial charge in [0.2, 0.25) is 0 Å². The van der Waals surface area contributed by atoms with Crippen LogP contribution in [0.25, 0.3) is 0 Å². The summed E-state index contributed by atoms with van der Waals surface area (Å²) in [5, 5.41) is 3.75. The van der Waals surface area contributed by atoms with Crippen LogP contribution in [0.4, 0.5) is 0 Å². The largest absolute Gasteiger partial charge is 0.381 e. The van der Waals surface area contributed by atoms with E-state index in [1.807, 2.05) is 0 Å². The highest BCUT2D eigenvalue weighted by Gasteiger charge is 2.27. The van der Waals surface area contributed by atoms with Crippen molar-refractivity contribution >= 4 is 0 Å². The van der Waals surface area contributed by atoms with Crippen molar-refractivity contribution in [3.8, 4) is 0 Å². The maximum absolute atomic E-state index is 5.91. The van der Waals surface area contributed by atoms with E-state index < -0.39 is 0 Å². The van der Waals surface area contributed by atoms with Crippen molar-refractivity contribution in [1.82, 2.24) is 5.32 Å². The summed E-state index contributed by atoms with van der Waals surface area (Å²) in [7, 11) is 0. The maximum atomic E-state index is 5.91. The molecule has 2 fully saturated rings. The van der Waals surface area contributed by atoms with Gasteiger partial charge in [-0.2, -0.15) is 0 Å². The smallest absolute Gasteiger partial charge is 0.0590 e. The molecule has 0 aromatic heterocycles. The van der Waals surface area contributed by atoms with Crippen LogP contribution in [0, 0.1) is 5.92 Å². The van der Waals surface area contributed by atoms with E-state index in [1.54, 1.807) is 0 Å². The first kappa shape index (κ1) is 14.3. The molecule has 0 saturated carbocycles. The van der Waals surface area contributed by atoms with Crippen LogP contribution in [0.3, 0.4) is 0 Å². The Bertz CT molecular complexity index is 211. The Labute approximate surface area is 112 Å². The van der Waals surface area contributed by atoms with Gasteiger partial charge >= 0.3 is 0 Å². The van der Waals surface area contributed by atoms with E-state index in [2.05, 4.69) is 12.2 Å². The SMILES string of the molecule is CCCNC(CC1CCCCO1)C1CCOCC1. The molecule has 0 aliphatic carbocycles. The summed E-state index contributed by atoms with van der Waals surface area (Å²) in [6.45, 7) is 6.24. The van der Waals surface area contributed by atoms with Crippen LogP contribution < -0.4 is 5.32 Å². The molecule has 18 heavy (non-hydrogen) atoms. The first-order chi connectivity index (χ1) is 8.90. The minimum atomic E-state index is 0.496. The van der Waals surface area contributed by atoms with Gasteiger partial charge in [-0.05, 0) is 57.4 Å². The summed E-state index contributed by atoms with van der Waals surface area (Å²) in [6.07, 6.45) is 9.20. The van der Waals surface area contributed by atoms with E-state index in [-0.39, 0.29) is 0 Å². The van der Waals surface area contributed by atoms with Crippen LogP contribution in [-0.4, -0.2) is 38.5 Å². The maximum Gasteiger partial charge on any atom is 0.0590 e. The number of nitrogens with one attached hydrogen (secondary N) is 1. The Hall–Kier alpha value is -0.120. The van der Waals surface area contributed by atoms with E-state index in [0.29, 0.717) is 12.1 Å². The van der Waals surface area contributed by atoms with E-state index in [1.165, 1.54) is 44.9 Å². The lowest BCUT2D eigenvalue weighted by Crippen LogP contribution is -2.42. The van der Waals surface area contributed by atoms with E-state index in [0.717, 1.165) is 32.3 Å². The zero-order chi connectivity index (χ0) is 12.6. The normalized spacial score (nSPS) is 28.2. The van der Waals surface area contributed by atoms with E-state index >= 15 is 0 Å². The highest BCUT2D eigenvalue weighted by molar-refractivity contribution is 4.82. The first-order valence-corrected chi connectivity index (χ1v) is 7.83. The van der Waals surface area contributed by atoms with Gasteiger partial charge in [0, 0.05) is 25.9 Å². The Morgan fingerprint density at radius 2 is 1.94 bits per heavy atom. The molecule has 2 aliphatic rings. The molecule has 3 heteroatoms. The van der Waals surface area contributed by atoms with Gasteiger partial charge in [-0.15, -0.1) is 0 Å². The number of rotatable bonds is 6. The number of hydrogen-bond acceptors (Lipinski definition) is 3. The second-order valence-corrected chi connectivity index (χ2v) is 5.73. The lowest BCUT2D eigenvalue weighted by molar-refractivity contribution is -0.00830. The topological polar surface area (TPSA) is 30.5 Å². The molecule has 1 N–H and O–H groups in total. The third-order valence-electron chi connectivity index (χ3n) is 4.28. The zero-order valence-electron chi connectivity index (χ0n) is 11.8. The molecule has 2 atom stereocenters. The standard InChI is InChI=1S/C15H29NO2/c1-2-8-16-15(13-6-10-17-11-7-13)12-14-5-3-4-9-18-14/h13-16H,2-12H2,1H3. The van der Waals surface area contributed by atoms with Crippen LogP contribution in [0.5, 0.6) is 0 Å². The number of ether oxygens (including phenoxy) is 2. The fourth-order valence-corrected chi connectivity index (χ4v) is 3.17. The summed E-state index contributed by atoms with van der Waals surface area (Å²) >= 11 is 0. The Morgan fingerprint density at radius 1 is 1.11 bits per heavy atom. The average Bonchev–Trinajstić information content (AvgIpc) is 2.45. The second kappa shape index (κ2) is 8.13. The van der Waals surface area contributed by atoms with Crippen LogP contribution in [-0.2, 0) is 9.47 Å². The van der Waals surface area contributed by atoms with Crippen molar-refractivity contribution in [1.29, 1.82) is 0 Å². The molecule has 2 heterocycles. The van der Waals surface area contributed by atoms with Crippen molar-refractivity contribution in [2.45, 2.75) is 64.0 Å². The van der Waals surface area contributed by atoms with Gasteiger partial charge in [0.05, 0.1) is 6.10 Å². The highest BCUT2D eigenvalue weighted by atomic mass is 16.5. The zero-order valence-corrected chi connectivity index (χ0v) is 11.8. The fourth-order valence-electron chi connectivity index (χ4n) is 3.17. The summed E-state index contributed by atoms with van der Waals surface area (Å²) < 4.78 is 11.4. The summed E-state index contributed by atoms with van der Waals surface area (Å²) in [5.74, 6) is 0.788. The van der Waals surface area contributed by atoms with Crippen molar-refractivity contribution in [3.63, 3.8) is 0 Å². The molecule has 0 aromatic rings. The van der Waals surface area contributed by atoms with Gasteiger partial charge in [-0.3, -0.25) is 0 Å². The van der Waals surface area contributed by atoms with Crippen molar-refractivity contribution in [2.24, 2.45) is 5.92 Å². The molecule has 2 aliphatic heterocycles. The van der Waals surface area contributed by atoms with E-state index in [9.17, 15) is 0 Å². The fraction of sp³-hybridized carbons (Fsp3) is 1.00. The summed E-state index contributed by atoms with van der Waals surface area (Å²) in [6, 6.07) is 0.636. The van der Waals surface area contributed by atoms with Gasteiger partial charge in [0.25, 0.3) is 0 Å². The Kier molecular flexibility index (Phi) is 6.46. The Morgan fingerprint density at radius 3 is 2.61 bits per heavy atom. The van der Waals surface area contributed by atoms with Gasteiger partial charge in [-0.1, -0.05) is 6.92 Å². The van der Waals surface area contributed by atoms with Gasteiger partial charge in [-0.25, -0.2) is 0 Å². The molecule has 0 aromatic carbocycles. The molecule has 106 valence electrons. The molecule has 2 saturated heterocycles. The van der Waals surface area contributed by atoms with Gasteiger partial charge in [0.1, 0.15) is 0 Å². The van der Waals surface area contributed by atoms with Crippen molar-refractivity contribution < 1.29 is 9.47 Å². The third kappa shape index (κ3) is 4.52. The van der Waals surface area contributed by atoms with Crippen LogP contribution in [0.1, 0.15) is 51.9 Å². The van der Waals surface area contributed by atoms with Crippen molar-refractivity contribution in [2.75, 3.05) is 26.4 Å². The van der Waals surface area contributed by atoms with Crippen LogP contribution in [0.2, 0.25) is 0 Å². The quantitative estimate of drug-likeness (QED) is 0.791. The predicted octanol–water partition coefficient (Wildman–Crippen LogP) is 2.74. The van der Waals surface area contributed by atoms with Crippen molar-refractivity contribution in [3.05, 3.63) is 0 Å². The molecular weight excluding hydrogens is 226 g/mol. The highest BCUT2D eigenvalue weighted by Crippen LogP contribution is 2.25. The molecular formula is C15H29NO2. The third-order valence-corrected chi connectivity index (χ3v) is 4.28. The monoisotopic (exact) mass is 255 g/mol. The average molecular weight is 255 g/mol. The van der Waals surface area contributed by atoms with Gasteiger partial charge in [0.15, 0.2) is 0 Å². The first-order valence-electron chi connectivity index (χ1n) is 7.83. The molecule has 0 radical (unpaired) electrons. The van der Waals surface area contributed by atoms with E-state index in [4.69, 9.17) is 9.47 Å². The second-order valence-electron chi connectivity index (χ2n) is 5.73. The van der Waals surface area contributed by atoms with Crippen LogP contribution >= 0.6 is 0 Å². The molecule has 2 rings (SSSR count). The molecule has 3 nitrogen and oxygen atoms in total. The molecule has 0 amide bonds.